The van der Waals surface area contributed by atoms with Crippen LogP contribution in [0.5, 0.6) is 0 Å². The number of aliphatic hydroxyl groups excluding tert-OH is 1. The normalized spacial score (nSPS) is 21.8. The lowest BCUT2D eigenvalue weighted by Crippen LogP contribution is -2.46. The largest absolute Gasteiger partial charge is 0.391 e. The Hall–Kier alpha value is -1.95. The highest BCUT2D eigenvalue weighted by atomic mass is 16.6. The molecule has 0 heterocycles. The van der Waals surface area contributed by atoms with Gasteiger partial charge in [-0.1, -0.05) is 25.0 Å². The molecule has 0 aromatic heterocycles. The summed E-state index contributed by atoms with van der Waals surface area (Å²) < 4.78 is 0. The highest BCUT2D eigenvalue weighted by molar-refractivity contribution is 5.79. The van der Waals surface area contributed by atoms with Gasteiger partial charge in [0.05, 0.1) is 23.5 Å². The molecule has 2 atom stereocenters. The van der Waals surface area contributed by atoms with Crippen LogP contribution in [0.1, 0.15) is 31.2 Å². The van der Waals surface area contributed by atoms with Crippen LogP contribution in [-0.2, 0) is 11.2 Å². The summed E-state index contributed by atoms with van der Waals surface area (Å²) in [6, 6.07) is 5.96. The van der Waals surface area contributed by atoms with Crippen LogP contribution >= 0.6 is 0 Å². The first kappa shape index (κ1) is 15.4. The van der Waals surface area contributed by atoms with Gasteiger partial charge in [0.25, 0.3) is 5.69 Å². The third-order valence-corrected chi connectivity index (χ3v) is 4.06. The summed E-state index contributed by atoms with van der Waals surface area (Å²) in [6.45, 7) is 0. The molecule has 1 aromatic rings. The number of nitro benzene ring substituents is 1. The highest BCUT2D eigenvalue weighted by Crippen LogP contribution is 2.23. The molecule has 1 aliphatic carbocycles. The molecule has 2 rings (SSSR count). The second-order valence-corrected chi connectivity index (χ2v) is 5.53. The van der Waals surface area contributed by atoms with E-state index < -0.39 is 11.0 Å². The van der Waals surface area contributed by atoms with Crippen molar-refractivity contribution in [1.82, 2.24) is 4.90 Å². The number of hydrogen-bond donors (Lipinski definition) is 1. The van der Waals surface area contributed by atoms with Crippen molar-refractivity contribution < 1.29 is 14.8 Å². The molecule has 1 aliphatic rings. The molecule has 1 saturated carbocycles. The fourth-order valence-corrected chi connectivity index (χ4v) is 2.81. The van der Waals surface area contributed by atoms with Crippen molar-refractivity contribution >= 4 is 11.6 Å². The molecule has 6 heteroatoms. The Morgan fingerprint density at radius 2 is 2.14 bits per heavy atom. The number of carbonyl (C=O) groups excluding carboxylic acids is 1. The third kappa shape index (κ3) is 3.78. The summed E-state index contributed by atoms with van der Waals surface area (Å²) >= 11 is 0. The van der Waals surface area contributed by atoms with Crippen molar-refractivity contribution in [3.8, 4) is 0 Å². The predicted molar refractivity (Wildman–Crippen MR) is 77.8 cm³/mol. The average Bonchev–Trinajstić information content (AvgIpc) is 2.47. The van der Waals surface area contributed by atoms with Crippen LogP contribution in [0, 0.1) is 10.1 Å². The first-order chi connectivity index (χ1) is 9.99. The van der Waals surface area contributed by atoms with E-state index in [-0.39, 0.29) is 24.1 Å². The lowest BCUT2D eigenvalue weighted by molar-refractivity contribution is -0.384. The van der Waals surface area contributed by atoms with E-state index in [4.69, 9.17) is 0 Å². The number of hydrogen-bond acceptors (Lipinski definition) is 4. The minimum atomic E-state index is -0.474. The molecule has 21 heavy (non-hydrogen) atoms. The van der Waals surface area contributed by atoms with Crippen molar-refractivity contribution in [2.45, 2.75) is 44.2 Å². The number of aliphatic hydroxyl groups is 1. The van der Waals surface area contributed by atoms with Gasteiger partial charge < -0.3 is 10.0 Å². The molecule has 1 aromatic carbocycles. The first-order valence-corrected chi connectivity index (χ1v) is 7.16. The number of nitro groups is 1. The van der Waals surface area contributed by atoms with E-state index in [2.05, 4.69) is 0 Å². The molecule has 0 saturated heterocycles. The molecular weight excluding hydrogens is 272 g/mol. The van der Waals surface area contributed by atoms with Gasteiger partial charge in [-0.05, 0) is 18.4 Å². The Morgan fingerprint density at radius 1 is 1.43 bits per heavy atom. The summed E-state index contributed by atoms with van der Waals surface area (Å²) in [5.74, 6) is -0.124. The quantitative estimate of drug-likeness (QED) is 0.678. The predicted octanol–water partition coefficient (Wildman–Crippen LogP) is 1.90. The Bertz CT molecular complexity index is 532. The smallest absolute Gasteiger partial charge is 0.269 e. The van der Waals surface area contributed by atoms with E-state index in [1.165, 1.54) is 12.1 Å². The van der Waals surface area contributed by atoms with E-state index in [0.29, 0.717) is 5.56 Å². The van der Waals surface area contributed by atoms with Gasteiger partial charge in [-0.2, -0.15) is 0 Å². The number of non-ortho nitro benzene ring substituents is 1. The molecule has 0 bridgehead atoms. The zero-order valence-corrected chi connectivity index (χ0v) is 12.1. The van der Waals surface area contributed by atoms with Crippen LogP contribution in [0.4, 0.5) is 5.69 Å². The van der Waals surface area contributed by atoms with Gasteiger partial charge in [0.1, 0.15) is 0 Å². The Labute approximate surface area is 123 Å². The topological polar surface area (TPSA) is 83.7 Å². The van der Waals surface area contributed by atoms with Gasteiger partial charge >= 0.3 is 0 Å². The molecule has 1 N–H and O–H groups in total. The second-order valence-electron chi connectivity index (χ2n) is 5.53. The zero-order valence-electron chi connectivity index (χ0n) is 12.1. The molecule has 0 spiro atoms. The van der Waals surface area contributed by atoms with Gasteiger partial charge in [-0.25, -0.2) is 0 Å². The van der Waals surface area contributed by atoms with Crippen LogP contribution in [-0.4, -0.2) is 40.0 Å². The SMILES string of the molecule is CN(C(=O)Cc1cccc([N+](=O)[O-])c1)C1CCCCC1O. The summed E-state index contributed by atoms with van der Waals surface area (Å²) in [5.41, 5.74) is 0.604. The number of carbonyl (C=O) groups is 1. The molecule has 114 valence electrons. The maximum atomic E-state index is 12.3. The maximum Gasteiger partial charge on any atom is 0.269 e. The molecular formula is C15H20N2O4. The first-order valence-electron chi connectivity index (χ1n) is 7.16. The Kier molecular flexibility index (Phi) is 4.90. The minimum absolute atomic E-state index is 0.0133. The van der Waals surface area contributed by atoms with Gasteiger partial charge in [0, 0.05) is 19.2 Å². The van der Waals surface area contributed by atoms with E-state index in [1.54, 1.807) is 24.1 Å². The standard InChI is InChI=1S/C15H20N2O4/c1-16(13-7-2-3-8-14(13)18)15(19)10-11-5-4-6-12(9-11)17(20)21/h4-6,9,13-14,18H,2-3,7-8,10H2,1H3. The fraction of sp³-hybridized carbons (Fsp3) is 0.533. The maximum absolute atomic E-state index is 12.3. The molecule has 1 amide bonds. The Balaban J connectivity index is 2.03. The summed E-state index contributed by atoms with van der Waals surface area (Å²) in [4.78, 5) is 24.1. The van der Waals surface area contributed by atoms with Crippen LogP contribution in [0.3, 0.4) is 0 Å². The van der Waals surface area contributed by atoms with Crippen molar-refractivity contribution in [2.24, 2.45) is 0 Å². The minimum Gasteiger partial charge on any atom is -0.391 e. The fourth-order valence-electron chi connectivity index (χ4n) is 2.81. The number of amides is 1. The molecule has 2 unspecified atom stereocenters. The number of benzene rings is 1. The van der Waals surface area contributed by atoms with Crippen LogP contribution in [0.15, 0.2) is 24.3 Å². The van der Waals surface area contributed by atoms with Crippen molar-refractivity contribution in [1.29, 1.82) is 0 Å². The van der Waals surface area contributed by atoms with Gasteiger partial charge in [-0.15, -0.1) is 0 Å². The van der Waals surface area contributed by atoms with Crippen molar-refractivity contribution in [2.75, 3.05) is 7.05 Å². The molecule has 1 fully saturated rings. The van der Waals surface area contributed by atoms with Crippen molar-refractivity contribution in [3.63, 3.8) is 0 Å². The summed E-state index contributed by atoms with van der Waals surface area (Å²) in [5, 5.41) is 20.7. The summed E-state index contributed by atoms with van der Waals surface area (Å²) in [6.07, 6.45) is 3.16. The van der Waals surface area contributed by atoms with Crippen LogP contribution in [0.2, 0.25) is 0 Å². The Morgan fingerprint density at radius 3 is 2.81 bits per heavy atom. The highest BCUT2D eigenvalue weighted by Gasteiger charge is 2.29. The van der Waals surface area contributed by atoms with E-state index in [9.17, 15) is 20.0 Å². The third-order valence-electron chi connectivity index (χ3n) is 4.06. The van der Waals surface area contributed by atoms with Crippen LogP contribution < -0.4 is 0 Å². The molecule has 6 nitrogen and oxygen atoms in total. The van der Waals surface area contributed by atoms with Crippen LogP contribution in [0.25, 0.3) is 0 Å². The number of nitrogens with zero attached hydrogens (tertiary/aromatic N) is 2. The average molecular weight is 292 g/mol. The number of likely N-dealkylation sites (N-methyl/N-ethyl adjacent to an activating group) is 1. The monoisotopic (exact) mass is 292 g/mol. The number of rotatable bonds is 4. The van der Waals surface area contributed by atoms with Gasteiger partial charge in [0.15, 0.2) is 0 Å². The van der Waals surface area contributed by atoms with E-state index in [0.717, 1.165) is 25.7 Å². The second kappa shape index (κ2) is 6.67. The van der Waals surface area contributed by atoms with Gasteiger partial charge in [-0.3, -0.25) is 14.9 Å². The molecule has 0 radical (unpaired) electrons. The lowest BCUT2D eigenvalue weighted by atomic mass is 9.91. The lowest BCUT2D eigenvalue weighted by Gasteiger charge is -2.35. The van der Waals surface area contributed by atoms with E-state index in [1.807, 2.05) is 0 Å². The summed E-state index contributed by atoms with van der Waals surface area (Å²) in [7, 11) is 1.69. The van der Waals surface area contributed by atoms with Gasteiger partial charge in [0.2, 0.25) is 5.91 Å². The van der Waals surface area contributed by atoms with E-state index >= 15 is 0 Å². The molecule has 0 aliphatic heterocycles. The zero-order chi connectivity index (χ0) is 15.4. The van der Waals surface area contributed by atoms with Crippen molar-refractivity contribution in [3.05, 3.63) is 39.9 Å².